The maximum Gasteiger partial charge on any atom is 0.244 e. The van der Waals surface area contributed by atoms with E-state index < -0.39 is 6.04 Å². The first-order valence-corrected chi connectivity index (χ1v) is 7.08. The van der Waals surface area contributed by atoms with Crippen LogP contribution in [0.15, 0.2) is 54.6 Å². The molecule has 21 heavy (non-hydrogen) atoms. The fourth-order valence-electron chi connectivity index (χ4n) is 2.55. The van der Waals surface area contributed by atoms with Crippen LogP contribution in [0.25, 0.3) is 0 Å². The summed E-state index contributed by atoms with van der Waals surface area (Å²) < 4.78 is 5.57. The van der Waals surface area contributed by atoms with Gasteiger partial charge in [0.25, 0.3) is 0 Å². The summed E-state index contributed by atoms with van der Waals surface area (Å²) in [6, 6.07) is 16.9. The Morgan fingerprint density at radius 1 is 1.14 bits per heavy atom. The number of fused-ring (bicyclic) bond motifs is 1. The predicted molar refractivity (Wildman–Crippen MR) is 82.4 cm³/mol. The van der Waals surface area contributed by atoms with Gasteiger partial charge in [0.1, 0.15) is 12.4 Å². The molecule has 108 valence electrons. The van der Waals surface area contributed by atoms with E-state index in [0.717, 1.165) is 17.0 Å². The number of rotatable bonds is 3. The van der Waals surface area contributed by atoms with Crippen molar-refractivity contribution in [2.24, 2.45) is 5.73 Å². The third-order valence-electron chi connectivity index (χ3n) is 3.61. The van der Waals surface area contributed by atoms with E-state index in [1.807, 2.05) is 54.6 Å². The molecule has 4 nitrogen and oxygen atoms in total. The maximum atomic E-state index is 12.6. The summed E-state index contributed by atoms with van der Waals surface area (Å²) in [5.41, 5.74) is 7.98. The normalized spacial score (nSPS) is 15.0. The van der Waals surface area contributed by atoms with E-state index in [2.05, 4.69) is 0 Å². The molecule has 1 aliphatic heterocycles. The molecule has 0 saturated carbocycles. The van der Waals surface area contributed by atoms with Crippen LogP contribution < -0.4 is 15.4 Å². The first-order chi connectivity index (χ1) is 10.3. The first kappa shape index (κ1) is 13.6. The number of amides is 1. The molecule has 0 unspecified atom stereocenters. The SMILES string of the molecule is N[C@H](Cc1ccccc1)C(=O)N1CCOc2ccccc21. The average Bonchev–Trinajstić information content (AvgIpc) is 2.54. The van der Waals surface area contributed by atoms with Gasteiger partial charge in [0.2, 0.25) is 5.91 Å². The Morgan fingerprint density at radius 2 is 1.86 bits per heavy atom. The highest BCUT2D eigenvalue weighted by Crippen LogP contribution is 2.31. The third-order valence-corrected chi connectivity index (χ3v) is 3.61. The Bertz CT molecular complexity index is 628. The molecule has 1 heterocycles. The predicted octanol–water partition coefficient (Wildman–Crippen LogP) is 1.98. The maximum absolute atomic E-state index is 12.6. The average molecular weight is 282 g/mol. The van der Waals surface area contributed by atoms with E-state index in [4.69, 9.17) is 10.5 Å². The zero-order chi connectivity index (χ0) is 14.7. The van der Waals surface area contributed by atoms with E-state index in [1.54, 1.807) is 4.90 Å². The van der Waals surface area contributed by atoms with Crippen LogP contribution in [0.1, 0.15) is 5.56 Å². The summed E-state index contributed by atoms with van der Waals surface area (Å²) in [4.78, 5) is 14.3. The van der Waals surface area contributed by atoms with Crippen LogP contribution >= 0.6 is 0 Å². The molecular weight excluding hydrogens is 264 g/mol. The Morgan fingerprint density at radius 3 is 2.67 bits per heavy atom. The van der Waals surface area contributed by atoms with E-state index in [1.165, 1.54) is 0 Å². The molecule has 0 aliphatic carbocycles. The van der Waals surface area contributed by atoms with Gasteiger partial charge >= 0.3 is 0 Å². The molecule has 1 amide bonds. The Balaban J connectivity index is 1.77. The number of nitrogens with two attached hydrogens (primary N) is 1. The Hall–Kier alpha value is -2.33. The number of nitrogens with zero attached hydrogens (tertiary/aromatic N) is 1. The molecule has 3 rings (SSSR count). The van der Waals surface area contributed by atoms with Gasteiger partial charge in [-0.1, -0.05) is 42.5 Å². The molecule has 0 saturated heterocycles. The minimum atomic E-state index is -0.543. The van der Waals surface area contributed by atoms with Gasteiger partial charge in [0.05, 0.1) is 18.3 Å². The summed E-state index contributed by atoms with van der Waals surface area (Å²) in [5, 5.41) is 0. The summed E-state index contributed by atoms with van der Waals surface area (Å²) >= 11 is 0. The fraction of sp³-hybridized carbons (Fsp3) is 0.235. The van der Waals surface area contributed by atoms with Crippen molar-refractivity contribution in [2.75, 3.05) is 18.1 Å². The van der Waals surface area contributed by atoms with Gasteiger partial charge in [0, 0.05) is 0 Å². The van der Waals surface area contributed by atoms with Gasteiger partial charge in [0.15, 0.2) is 0 Å². The zero-order valence-corrected chi connectivity index (χ0v) is 11.7. The topological polar surface area (TPSA) is 55.6 Å². The molecule has 2 aromatic carbocycles. The van der Waals surface area contributed by atoms with Crippen LogP contribution in [0.5, 0.6) is 5.75 Å². The molecule has 0 spiro atoms. The van der Waals surface area contributed by atoms with Gasteiger partial charge in [-0.25, -0.2) is 0 Å². The molecule has 1 atom stereocenters. The highest BCUT2D eigenvalue weighted by atomic mass is 16.5. The van der Waals surface area contributed by atoms with Gasteiger partial charge in [-0.05, 0) is 24.1 Å². The number of carbonyl (C=O) groups is 1. The molecule has 0 aromatic heterocycles. The number of para-hydroxylation sites is 2. The van der Waals surface area contributed by atoms with Crippen LogP contribution in [-0.2, 0) is 11.2 Å². The molecular formula is C17H18N2O2. The molecule has 4 heteroatoms. The second-order valence-electron chi connectivity index (χ2n) is 5.10. The number of carbonyl (C=O) groups excluding carboxylic acids is 1. The number of benzene rings is 2. The number of ether oxygens (including phenoxy) is 1. The van der Waals surface area contributed by atoms with Crippen LogP contribution in [0, 0.1) is 0 Å². The van der Waals surface area contributed by atoms with Crippen molar-refractivity contribution in [1.29, 1.82) is 0 Å². The van der Waals surface area contributed by atoms with Crippen LogP contribution in [0.3, 0.4) is 0 Å². The summed E-state index contributed by atoms with van der Waals surface area (Å²) in [5.74, 6) is 0.679. The molecule has 2 aromatic rings. The Labute approximate surface area is 124 Å². The number of hydrogen-bond acceptors (Lipinski definition) is 3. The lowest BCUT2D eigenvalue weighted by molar-refractivity contribution is -0.120. The first-order valence-electron chi connectivity index (χ1n) is 7.08. The molecule has 2 N–H and O–H groups in total. The number of anilines is 1. The summed E-state index contributed by atoms with van der Waals surface area (Å²) in [6.45, 7) is 1.04. The second-order valence-corrected chi connectivity index (χ2v) is 5.10. The van der Waals surface area contributed by atoms with E-state index >= 15 is 0 Å². The Kier molecular flexibility index (Phi) is 3.88. The highest BCUT2D eigenvalue weighted by Gasteiger charge is 2.27. The monoisotopic (exact) mass is 282 g/mol. The lowest BCUT2D eigenvalue weighted by Crippen LogP contribution is -2.48. The third kappa shape index (κ3) is 2.90. The van der Waals surface area contributed by atoms with Gasteiger partial charge in [-0.15, -0.1) is 0 Å². The van der Waals surface area contributed by atoms with Crippen molar-refractivity contribution in [3.8, 4) is 5.75 Å². The van der Waals surface area contributed by atoms with Crippen molar-refractivity contribution in [3.05, 3.63) is 60.2 Å². The van der Waals surface area contributed by atoms with Crippen LogP contribution in [-0.4, -0.2) is 25.1 Å². The van der Waals surface area contributed by atoms with Crippen molar-refractivity contribution in [3.63, 3.8) is 0 Å². The fourth-order valence-corrected chi connectivity index (χ4v) is 2.55. The highest BCUT2D eigenvalue weighted by molar-refractivity contribution is 5.98. The van der Waals surface area contributed by atoms with Crippen molar-refractivity contribution < 1.29 is 9.53 Å². The minimum Gasteiger partial charge on any atom is -0.490 e. The van der Waals surface area contributed by atoms with E-state index in [0.29, 0.717) is 19.6 Å². The molecule has 0 radical (unpaired) electrons. The standard InChI is InChI=1S/C17H18N2O2/c18-14(12-13-6-2-1-3-7-13)17(20)19-10-11-21-16-9-5-4-8-15(16)19/h1-9,14H,10-12,18H2/t14-/m1/s1. The summed E-state index contributed by atoms with van der Waals surface area (Å²) in [7, 11) is 0. The lowest BCUT2D eigenvalue weighted by Gasteiger charge is -2.31. The van der Waals surface area contributed by atoms with Crippen LogP contribution in [0.4, 0.5) is 5.69 Å². The van der Waals surface area contributed by atoms with Crippen molar-refractivity contribution >= 4 is 11.6 Å². The second kappa shape index (κ2) is 5.97. The largest absolute Gasteiger partial charge is 0.490 e. The van der Waals surface area contributed by atoms with Gasteiger partial charge < -0.3 is 15.4 Å². The lowest BCUT2D eigenvalue weighted by atomic mass is 10.0. The van der Waals surface area contributed by atoms with Crippen LogP contribution in [0.2, 0.25) is 0 Å². The van der Waals surface area contributed by atoms with E-state index in [9.17, 15) is 4.79 Å². The van der Waals surface area contributed by atoms with Gasteiger partial charge in [-0.3, -0.25) is 4.79 Å². The molecule has 0 bridgehead atoms. The number of hydrogen-bond donors (Lipinski definition) is 1. The molecule has 1 aliphatic rings. The zero-order valence-electron chi connectivity index (χ0n) is 11.7. The smallest absolute Gasteiger partial charge is 0.244 e. The van der Waals surface area contributed by atoms with E-state index in [-0.39, 0.29) is 5.91 Å². The van der Waals surface area contributed by atoms with Crippen molar-refractivity contribution in [2.45, 2.75) is 12.5 Å². The molecule has 0 fully saturated rings. The van der Waals surface area contributed by atoms with Crippen molar-refractivity contribution in [1.82, 2.24) is 0 Å². The quantitative estimate of drug-likeness (QED) is 0.936. The summed E-state index contributed by atoms with van der Waals surface area (Å²) in [6.07, 6.45) is 0.541. The minimum absolute atomic E-state index is 0.0606. The van der Waals surface area contributed by atoms with Gasteiger partial charge in [-0.2, -0.15) is 0 Å².